The number of halogens is 3. The number of carbonyl (C=O) groups is 2. The van der Waals surface area contributed by atoms with E-state index in [0.29, 0.717) is 11.5 Å². The fraction of sp³-hybridized carbons (Fsp3) is 0.571. The van der Waals surface area contributed by atoms with Crippen LogP contribution >= 0.6 is 11.3 Å². The quantitative estimate of drug-likeness (QED) is 0.710. The molecule has 11 heteroatoms. The minimum Gasteiger partial charge on any atom is -0.475 e. The number of nitrogens with zero attached hydrogens (tertiary/aromatic N) is 3. The van der Waals surface area contributed by atoms with Crippen LogP contribution in [0.15, 0.2) is 23.0 Å². The lowest BCUT2D eigenvalue weighted by molar-refractivity contribution is -0.192. The van der Waals surface area contributed by atoms with Crippen molar-refractivity contribution >= 4 is 23.2 Å². The van der Waals surface area contributed by atoms with Crippen molar-refractivity contribution in [3.63, 3.8) is 0 Å². The number of piperidine rings is 1. The topological polar surface area (TPSA) is 87.5 Å². The zero-order chi connectivity index (χ0) is 23.5. The van der Waals surface area contributed by atoms with Crippen LogP contribution in [0, 0.1) is 12.3 Å². The lowest BCUT2D eigenvalue weighted by Crippen LogP contribution is -2.54. The van der Waals surface area contributed by atoms with Crippen LogP contribution < -0.4 is 5.32 Å². The summed E-state index contributed by atoms with van der Waals surface area (Å²) in [5.41, 5.74) is 3.75. The van der Waals surface area contributed by atoms with Crippen molar-refractivity contribution in [1.82, 2.24) is 20.0 Å². The van der Waals surface area contributed by atoms with E-state index in [9.17, 15) is 18.0 Å². The molecule has 1 saturated carbocycles. The fourth-order valence-corrected chi connectivity index (χ4v) is 5.02. The number of rotatable bonds is 4. The highest BCUT2D eigenvalue weighted by molar-refractivity contribution is 7.08. The smallest absolute Gasteiger partial charge is 0.475 e. The van der Waals surface area contributed by atoms with Gasteiger partial charge in [0.15, 0.2) is 0 Å². The van der Waals surface area contributed by atoms with Crippen molar-refractivity contribution in [1.29, 1.82) is 0 Å². The number of likely N-dealkylation sites (tertiary alicyclic amines) is 1. The molecular formula is C21H27F3N4O3S. The van der Waals surface area contributed by atoms with Gasteiger partial charge in [-0.15, -0.1) is 0 Å². The van der Waals surface area contributed by atoms with Crippen molar-refractivity contribution in [2.24, 2.45) is 12.5 Å². The molecule has 176 valence electrons. The number of hydrogen-bond acceptors (Lipinski definition) is 5. The average molecular weight is 473 g/mol. The van der Waals surface area contributed by atoms with Crippen molar-refractivity contribution in [2.75, 3.05) is 13.1 Å². The van der Waals surface area contributed by atoms with Crippen LogP contribution in [0.3, 0.4) is 0 Å². The average Bonchev–Trinajstić information content (AvgIpc) is 3.32. The lowest BCUT2D eigenvalue weighted by atomic mass is 9.60. The molecule has 1 saturated heterocycles. The highest BCUT2D eigenvalue weighted by Crippen LogP contribution is 2.49. The van der Waals surface area contributed by atoms with Crippen LogP contribution in [-0.4, -0.2) is 57.0 Å². The number of aromatic nitrogens is 2. The Morgan fingerprint density at radius 1 is 1.31 bits per heavy atom. The monoisotopic (exact) mass is 472 g/mol. The molecule has 2 fully saturated rings. The second-order valence-electron chi connectivity index (χ2n) is 8.58. The Morgan fingerprint density at radius 3 is 2.41 bits per heavy atom. The van der Waals surface area contributed by atoms with Crippen molar-refractivity contribution in [3.8, 4) is 0 Å². The molecule has 0 atom stereocenters. The molecule has 3 heterocycles. The number of aliphatic carboxylic acids is 1. The van der Waals surface area contributed by atoms with Crippen molar-refractivity contribution in [3.05, 3.63) is 39.8 Å². The summed E-state index contributed by atoms with van der Waals surface area (Å²) < 4.78 is 33.6. The zero-order valence-electron chi connectivity index (χ0n) is 18.0. The van der Waals surface area contributed by atoms with E-state index in [1.165, 1.54) is 18.4 Å². The summed E-state index contributed by atoms with van der Waals surface area (Å²) in [6, 6.07) is 2.26. The Bertz CT molecular complexity index is 927. The van der Waals surface area contributed by atoms with Gasteiger partial charge in [-0.05, 0) is 62.6 Å². The van der Waals surface area contributed by atoms with Gasteiger partial charge in [-0.25, -0.2) is 4.79 Å². The molecule has 4 rings (SSSR count). The van der Waals surface area contributed by atoms with Gasteiger partial charge in [0, 0.05) is 42.3 Å². The van der Waals surface area contributed by atoms with E-state index in [0.717, 1.165) is 43.7 Å². The number of thiophene rings is 1. The van der Waals surface area contributed by atoms with Gasteiger partial charge in [-0.1, -0.05) is 0 Å². The Labute approximate surface area is 188 Å². The minimum atomic E-state index is -5.08. The van der Waals surface area contributed by atoms with Gasteiger partial charge >= 0.3 is 12.1 Å². The third kappa shape index (κ3) is 6.10. The summed E-state index contributed by atoms with van der Waals surface area (Å²) in [6.07, 6.45) is 1.83. The van der Waals surface area contributed by atoms with Gasteiger partial charge in [-0.2, -0.15) is 29.6 Å². The number of carboxylic acids is 1. The molecule has 2 aromatic heterocycles. The van der Waals surface area contributed by atoms with Gasteiger partial charge in [0.25, 0.3) is 5.91 Å². The lowest BCUT2D eigenvalue weighted by Gasteiger charge is -2.52. The zero-order valence-corrected chi connectivity index (χ0v) is 18.8. The first-order valence-electron chi connectivity index (χ1n) is 10.3. The van der Waals surface area contributed by atoms with E-state index in [4.69, 9.17) is 9.90 Å². The first-order chi connectivity index (χ1) is 15.0. The van der Waals surface area contributed by atoms with Crippen LogP contribution in [0.1, 0.15) is 47.3 Å². The highest BCUT2D eigenvalue weighted by Gasteiger charge is 2.46. The van der Waals surface area contributed by atoms with E-state index in [-0.39, 0.29) is 5.91 Å². The standard InChI is InChI=1S/C19H26N4OS.C2HF3O2/c1-14-16(11-22(2)21-14)12-23-6-4-19(5-7-23)9-17(10-19)20-18(24)15-3-8-25-13-15;3-2(4,5)1(6)7/h3,8,11,13,17H,4-7,9-10,12H2,1-2H3,(H,20,24);(H,6,7). The molecule has 7 nitrogen and oxygen atoms in total. The Hall–Kier alpha value is -2.40. The SMILES string of the molecule is Cc1nn(C)cc1CN1CCC2(CC1)CC(NC(=O)c1ccsc1)C2.O=C(O)C(F)(F)F. The number of carboxylic acid groups (broad SMARTS) is 1. The molecule has 2 aromatic rings. The van der Waals surface area contributed by atoms with Crippen LogP contribution in [0.25, 0.3) is 0 Å². The van der Waals surface area contributed by atoms with Gasteiger partial charge in [0.2, 0.25) is 0 Å². The second kappa shape index (κ2) is 9.62. The van der Waals surface area contributed by atoms with E-state index in [1.807, 2.05) is 28.6 Å². The summed E-state index contributed by atoms with van der Waals surface area (Å²) in [6.45, 7) is 5.40. The first-order valence-corrected chi connectivity index (χ1v) is 11.3. The number of hydrogen-bond donors (Lipinski definition) is 2. The van der Waals surface area contributed by atoms with E-state index in [1.54, 1.807) is 11.3 Å². The second-order valence-corrected chi connectivity index (χ2v) is 9.36. The minimum absolute atomic E-state index is 0.0885. The maximum atomic E-state index is 12.1. The van der Waals surface area contributed by atoms with Crippen LogP contribution in [-0.2, 0) is 18.4 Å². The molecule has 1 aliphatic carbocycles. The molecule has 1 aliphatic heterocycles. The Balaban J connectivity index is 0.000000360. The molecule has 0 radical (unpaired) electrons. The number of nitrogens with one attached hydrogen (secondary N) is 1. The summed E-state index contributed by atoms with van der Waals surface area (Å²) in [5, 5.41) is 18.6. The van der Waals surface area contributed by atoms with E-state index in [2.05, 4.69) is 28.4 Å². The Kier molecular flexibility index (Phi) is 7.29. The van der Waals surface area contributed by atoms with Crippen LogP contribution in [0.4, 0.5) is 13.2 Å². The molecule has 32 heavy (non-hydrogen) atoms. The Morgan fingerprint density at radius 2 is 1.94 bits per heavy atom. The van der Waals surface area contributed by atoms with E-state index >= 15 is 0 Å². The number of aryl methyl sites for hydroxylation is 2. The van der Waals surface area contributed by atoms with Gasteiger partial charge in [0.05, 0.1) is 5.69 Å². The highest BCUT2D eigenvalue weighted by atomic mass is 32.1. The number of alkyl halides is 3. The van der Waals surface area contributed by atoms with Gasteiger partial charge in [-0.3, -0.25) is 14.4 Å². The van der Waals surface area contributed by atoms with Gasteiger partial charge < -0.3 is 10.4 Å². The third-order valence-electron chi connectivity index (χ3n) is 6.15. The van der Waals surface area contributed by atoms with Crippen molar-refractivity contribution in [2.45, 2.75) is 51.4 Å². The number of carbonyl (C=O) groups excluding carboxylic acids is 1. The molecule has 1 amide bonds. The maximum Gasteiger partial charge on any atom is 0.490 e. The fourth-order valence-electron chi connectivity index (χ4n) is 4.39. The largest absolute Gasteiger partial charge is 0.490 e. The molecule has 0 aromatic carbocycles. The molecule has 1 spiro atoms. The van der Waals surface area contributed by atoms with Gasteiger partial charge in [0.1, 0.15) is 0 Å². The molecule has 2 aliphatic rings. The van der Waals surface area contributed by atoms with Crippen molar-refractivity contribution < 1.29 is 27.9 Å². The summed E-state index contributed by atoms with van der Waals surface area (Å²) >= 11 is 1.57. The summed E-state index contributed by atoms with van der Waals surface area (Å²) in [7, 11) is 1.99. The summed E-state index contributed by atoms with van der Waals surface area (Å²) in [4.78, 5) is 23.6. The van der Waals surface area contributed by atoms with Crippen LogP contribution in [0.5, 0.6) is 0 Å². The third-order valence-corrected chi connectivity index (χ3v) is 6.83. The summed E-state index contributed by atoms with van der Waals surface area (Å²) in [5.74, 6) is -2.67. The molecule has 2 N–H and O–H groups in total. The predicted octanol–water partition coefficient (Wildman–Crippen LogP) is 3.60. The maximum absolute atomic E-state index is 12.1. The first kappa shape index (κ1) is 24.2. The number of amides is 1. The molecular weight excluding hydrogens is 445 g/mol. The normalized spacial score (nSPS) is 18.5. The molecule has 0 bridgehead atoms. The van der Waals surface area contributed by atoms with Crippen LogP contribution in [0.2, 0.25) is 0 Å². The predicted molar refractivity (Wildman–Crippen MR) is 113 cm³/mol. The van der Waals surface area contributed by atoms with E-state index < -0.39 is 12.1 Å². The molecule has 0 unspecified atom stereocenters.